The third-order valence-corrected chi connectivity index (χ3v) is 6.39. The molecule has 1 fully saturated rings. The molecule has 0 radical (unpaired) electrons. The molecule has 4 rings (SSSR count). The van der Waals surface area contributed by atoms with E-state index in [0.29, 0.717) is 6.61 Å². The van der Waals surface area contributed by atoms with Crippen LogP contribution >= 0.6 is 23.8 Å². The third kappa shape index (κ3) is 4.33. The maximum Gasteiger partial charge on any atom is 0.170 e. The number of halogens is 1. The normalized spacial score (nSPS) is 18.5. The zero-order chi connectivity index (χ0) is 22.0. The number of aryl methyl sites for hydroxylation is 1. The van der Waals surface area contributed by atoms with Crippen molar-refractivity contribution in [3.8, 4) is 5.69 Å². The van der Waals surface area contributed by atoms with Crippen molar-refractivity contribution in [2.75, 3.05) is 20.3 Å². The molecule has 162 valence electrons. The number of benzene rings is 1. The summed E-state index contributed by atoms with van der Waals surface area (Å²) in [7, 11) is 1.73. The second-order valence-electron chi connectivity index (χ2n) is 7.81. The lowest BCUT2D eigenvalue weighted by atomic mass is 9.96. The molecule has 2 atom stereocenters. The van der Waals surface area contributed by atoms with Gasteiger partial charge in [-0.25, -0.2) is 0 Å². The van der Waals surface area contributed by atoms with Gasteiger partial charge in [0.15, 0.2) is 5.11 Å². The Balaban J connectivity index is 1.79. The van der Waals surface area contributed by atoms with Crippen LogP contribution in [-0.4, -0.2) is 39.8 Å². The van der Waals surface area contributed by atoms with Gasteiger partial charge < -0.3 is 19.5 Å². The number of aromatic nitrogens is 2. The fourth-order valence-electron chi connectivity index (χ4n) is 4.46. The summed E-state index contributed by atoms with van der Waals surface area (Å²) >= 11 is 12.0. The summed E-state index contributed by atoms with van der Waals surface area (Å²) in [6.07, 6.45) is 2.73. The molecule has 2 unspecified atom stereocenters. The molecule has 3 heterocycles. The molecule has 1 aliphatic heterocycles. The van der Waals surface area contributed by atoms with E-state index in [0.717, 1.165) is 40.2 Å². The summed E-state index contributed by atoms with van der Waals surface area (Å²) in [5.41, 5.74) is 5.61. The first-order valence-electron chi connectivity index (χ1n) is 10.4. The fourth-order valence-corrected chi connectivity index (χ4v) is 4.98. The highest BCUT2D eigenvalue weighted by Crippen LogP contribution is 2.41. The van der Waals surface area contributed by atoms with E-state index < -0.39 is 0 Å². The smallest absolute Gasteiger partial charge is 0.170 e. The molecule has 2 aromatic heterocycles. The summed E-state index contributed by atoms with van der Waals surface area (Å²) in [5, 5.41) is 5.00. The Morgan fingerprint density at radius 2 is 2.00 bits per heavy atom. The van der Waals surface area contributed by atoms with Crippen molar-refractivity contribution in [3.63, 3.8) is 0 Å². The Morgan fingerprint density at radius 3 is 2.71 bits per heavy atom. The number of hydrogen-bond donors (Lipinski definition) is 1. The third-order valence-electron chi connectivity index (χ3n) is 5.80. The number of nitrogens with one attached hydrogen (secondary N) is 1. The molecule has 0 aliphatic carbocycles. The van der Waals surface area contributed by atoms with Gasteiger partial charge in [0, 0.05) is 48.6 Å². The zero-order valence-corrected chi connectivity index (χ0v) is 19.6. The molecule has 0 amide bonds. The van der Waals surface area contributed by atoms with Crippen LogP contribution in [0.4, 0.5) is 0 Å². The van der Waals surface area contributed by atoms with Crippen LogP contribution in [0, 0.1) is 13.8 Å². The van der Waals surface area contributed by atoms with Crippen LogP contribution in [-0.2, 0) is 4.74 Å². The van der Waals surface area contributed by atoms with Gasteiger partial charge in [0.25, 0.3) is 0 Å². The summed E-state index contributed by atoms with van der Waals surface area (Å²) in [4.78, 5) is 6.91. The van der Waals surface area contributed by atoms with E-state index >= 15 is 0 Å². The highest BCUT2D eigenvalue weighted by atomic mass is 35.5. The van der Waals surface area contributed by atoms with Crippen LogP contribution in [0.25, 0.3) is 5.69 Å². The lowest BCUT2D eigenvalue weighted by Gasteiger charge is -2.28. The average molecular weight is 455 g/mol. The van der Waals surface area contributed by atoms with Gasteiger partial charge >= 0.3 is 0 Å². The second kappa shape index (κ2) is 9.39. The number of thiocarbonyl (C=S) groups is 1. The SMILES string of the molecule is COCCCN1C(=S)NC(c2ccccn2)C1c1cc(C)n(-c2cccc(Cl)c2)c1C. The van der Waals surface area contributed by atoms with Crippen molar-refractivity contribution in [1.29, 1.82) is 0 Å². The first-order valence-corrected chi connectivity index (χ1v) is 11.2. The van der Waals surface area contributed by atoms with Gasteiger partial charge in [-0.3, -0.25) is 4.98 Å². The van der Waals surface area contributed by atoms with Crippen LogP contribution in [0.5, 0.6) is 0 Å². The van der Waals surface area contributed by atoms with Gasteiger partial charge in [-0.05, 0) is 74.4 Å². The van der Waals surface area contributed by atoms with Crippen molar-refractivity contribution in [2.45, 2.75) is 32.4 Å². The Labute approximate surface area is 194 Å². The van der Waals surface area contributed by atoms with Gasteiger partial charge in [-0.2, -0.15) is 0 Å². The summed E-state index contributed by atoms with van der Waals surface area (Å²) in [5.74, 6) is 0. The average Bonchev–Trinajstić information content (AvgIpc) is 3.24. The molecule has 0 saturated carbocycles. The maximum absolute atomic E-state index is 6.28. The van der Waals surface area contributed by atoms with E-state index in [9.17, 15) is 0 Å². The van der Waals surface area contributed by atoms with E-state index in [2.05, 4.69) is 51.8 Å². The fraction of sp³-hybridized carbons (Fsp3) is 0.333. The predicted octanol–water partition coefficient (Wildman–Crippen LogP) is 5.15. The largest absolute Gasteiger partial charge is 0.385 e. The minimum absolute atomic E-state index is 0.0236. The molecule has 7 heteroatoms. The molecule has 5 nitrogen and oxygen atoms in total. The Bertz CT molecular complexity index is 1070. The van der Waals surface area contributed by atoms with Crippen molar-refractivity contribution >= 4 is 28.9 Å². The molecule has 1 saturated heterocycles. The van der Waals surface area contributed by atoms with Crippen molar-refractivity contribution in [1.82, 2.24) is 19.8 Å². The van der Waals surface area contributed by atoms with Gasteiger partial charge in [0.2, 0.25) is 0 Å². The standard InChI is InChI=1S/C24H27ClN4OS/c1-16-14-20(17(2)29(16)19-9-6-8-18(25)15-19)23-22(21-10-4-5-11-26-21)27-24(31)28(23)12-7-13-30-3/h4-6,8-11,14-15,22-23H,7,12-13H2,1-3H3,(H,27,31). The second-order valence-corrected chi connectivity index (χ2v) is 8.63. The van der Waals surface area contributed by atoms with Crippen LogP contribution in [0.1, 0.15) is 41.1 Å². The maximum atomic E-state index is 6.28. The number of rotatable bonds is 7. The highest BCUT2D eigenvalue weighted by molar-refractivity contribution is 7.80. The van der Waals surface area contributed by atoms with E-state index in [1.54, 1.807) is 7.11 Å². The lowest BCUT2D eigenvalue weighted by Crippen LogP contribution is -2.31. The molecular formula is C24H27ClN4OS. The minimum Gasteiger partial charge on any atom is -0.385 e. The highest BCUT2D eigenvalue weighted by Gasteiger charge is 2.41. The summed E-state index contributed by atoms with van der Waals surface area (Å²) in [6, 6.07) is 16.3. The number of pyridine rings is 1. The van der Waals surface area contributed by atoms with Crippen molar-refractivity contribution in [2.24, 2.45) is 0 Å². The van der Waals surface area contributed by atoms with Crippen molar-refractivity contribution in [3.05, 3.63) is 82.4 Å². The summed E-state index contributed by atoms with van der Waals surface area (Å²) in [6.45, 7) is 5.80. The zero-order valence-electron chi connectivity index (χ0n) is 18.0. The lowest BCUT2D eigenvalue weighted by molar-refractivity contribution is 0.180. The summed E-state index contributed by atoms with van der Waals surface area (Å²) < 4.78 is 7.54. The van der Waals surface area contributed by atoms with E-state index in [-0.39, 0.29) is 12.1 Å². The molecule has 31 heavy (non-hydrogen) atoms. The molecule has 0 spiro atoms. The first-order chi connectivity index (χ1) is 15.0. The molecule has 3 aromatic rings. The van der Waals surface area contributed by atoms with Gasteiger partial charge in [0.05, 0.1) is 17.8 Å². The Hall–Kier alpha value is -2.41. The number of nitrogens with zero attached hydrogens (tertiary/aromatic N) is 3. The molecule has 1 aliphatic rings. The first kappa shape index (κ1) is 21.8. The van der Waals surface area contributed by atoms with Gasteiger partial charge in [0.1, 0.15) is 0 Å². The number of ether oxygens (including phenoxy) is 1. The van der Waals surface area contributed by atoms with E-state index in [1.807, 2.05) is 36.5 Å². The van der Waals surface area contributed by atoms with Crippen LogP contribution in [0.3, 0.4) is 0 Å². The predicted molar refractivity (Wildman–Crippen MR) is 129 cm³/mol. The van der Waals surface area contributed by atoms with E-state index in [1.165, 1.54) is 11.3 Å². The quantitative estimate of drug-likeness (QED) is 0.395. The van der Waals surface area contributed by atoms with Crippen LogP contribution < -0.4 is 5.32 Å². The van der Waals surface area contributed by atoms with Crippen LogP contribution in [0.15, 0.2) is 54.7 Å². The van der Waals surface area contributed by atoms with Gasteiger partial charge in [-0.15, -0.1) is 0 Å². The van der Waals surface area contributed by atoms with Crippen molar-refractivity contribution < 1.29 is 4.74 Å². The number of hydrogen-bond acceptors (Lipinski definition) is 3. The molecule has 1 N–H and O–H groups in total. The Kier molecular flexibility index (Phi) is 6.60. The Morgan fingerprint density at radius 1 is 1.16 bits per heavy atom. The number of methoxy groups -OCH3 is 1. The monoisotopic (exact) mass is 454 g/mol. The van der Waals surface area contributed by atoms with Crippen LogP contribution in [0.2, 0.25) is 5.02 Å². The van der Waals surface area contributed by atoms with Gasteiger partial charge in [-0.1, -0.05) is 23.7 Å². The van der Waals surface area contributed by atoms with E-state index in [4.69, 9.17) is 28.6 Å². The molecule has 1 aromatic carbocycles. The molecular weight excluding hydrogens is 428 g/mol. The molecule has 0 bridgehead atoms. The minimum atomic E-state index is -0.0236. The topological polar surface area (TPSA) is 42.3 Å².